The van der Waals surface area contributed by atoms with Gasteiger partial charge in [-0.25, -0.2) is 14.6 Å². The monoisotopic (exact) mass is 1360 g/mol. The number of nitrogens with one attached hydrogen (secondary N) is 5. The smallest absolute Gasteiger partial charge is 0.484 e. The van der Waals surface area contributed by atoms with Crippen molar-refractivity contribution in [2.45, 2.75) is 39.6 Å². The van der Waals surface area contributed by atoms with Crippen LogP contribution >= 0.6 is 0 Å². The van der Waals surface area contributed by atoms with Crippen LogP contribution in [0.5, 0.6) is 11.5 Å². The summed E-state index contributed by atoms with van der Waals surface area (Å²) in [4.78, 5) is 125. The first-order valence-corrected chi connectivity index (χ1v) is 29.7. The Morgan fingerprint density at radius 2 is 0.939 bits per heavy atom. The van der Waals surface area contributed by atoms with Gasteiger partial charge in [-0.1, -0.05) is 84.9 Å². The molecule has 5 amide bonds. The average molecular weight is 1360 g/mol. The van der Waals surface area contributed by atoms with Crippen molar-refractivity contribution in [3.05, 3.63) is 261 Å². The molecule has 0 aliphatic carbocycles. The molecule has 99 heavy (non-hydrogen) atoms. The highest BCUT2D eigenvalue weighted by Crippen LogP contribution is 2.35. The van der Waals surface area contributed by atoms with Crippen molar-refractivity contribution < 1.29 is 93.2 Å². The van der Waals surface area contributed by atoms with Gasteiger partial charge in [-0.15, -0.1) is 13.2 Å². The van der Waals surface area contributed by atoms with Crippen molar-refractivity contribution >= 4 is 93.2 Å². The minimum atomic E-state index is -5.31. The molecule has 0 saturated carbocycles. The number of ketones is 2. The molecule has 0 aliphatic rings. The normalized spacial score (nSPS) is 11.4. The number of carbonyl (C=O) groups is 9. The molecule has 0 saturated heterocycles. The number of rotatable bonds is 25. The Bertz CT molecular complexity index is 4820. The summed E-state index contributed by atoms with van der Waals surface area (Å²) < 4.78 is 107. The predicted octanol–water partition coefficient (Wildman–Crippen LogP) is 11.8. The van der Waals surface area contributed by atoms with Crippen LogP contribution in [0.15, 0.2) is 199 Å². The summed E-state index contributed by atoms with van der Waals surface area (Å²) in [6, 6.07) is 45.1. The van der Waals surface area contributed by atoms with Crippen LogP contribution in [0.3, 0.4) is 0 Å². The number of benzene rings is 6. The number of hydrogen-bond acceptors (Lipinski definition) is 15. The second kappa shape index (κ2) is 30.2. The molecule has 0 aliphatic heterocycles. The van der Waals surface area contributed by atoms with Gasteiger partial charge in [-0.3, -0.25) is 33.6 Å². The van der Waals surface area contributed by atoms with Gasteiger partial charge in [0, 0.05) is 45.8 Å². The summed E-state index contributed by atoms with van der Waals surface area (Å²) >= 11 is 0. The number of fused-ring (bicyclic) bond motifs is 2. The third kappa shape index (κ3) is 17.0. The van der Waals surface area contributed by atoms with Crippen molar-refractivity contribution in [2.24, 2.45) is 4.99 Å². The molecule has 5 N–H and O–H groups in total. The van der Waals surface area contributed by atoms with Gasteiger partial charge in [-0.05, 0) is 122 Å². The minimum absolute atomic E-state index is 0.00907. The van der Waals surface area contributed by atoms with E-state index in [1.54, 1.807) is 122 Å². The molecule has 10 rings (SSSR count). The van der Waals surface area contributed by atoms with Crippen molar-refractivity contribution in [1.29, 1.82) is 0 Å². The Hall–Kier alpha value is -12.9. The molecule has 0 atom stereocenters. The van der Waals surface area contributed by atoms with Crippen molar-refractivity contribution in [2.75, 3.05) is 35.8 Å². The molecule has 6 aromatic carbocycles. The van der Waals surface area contributed by atoms with Crippen molar-refractivity contribution in [1.82, 2.24) is 19.4 Å². The van der Waals surface area contributed by atoms with Crippen LogP contribution in [-0.2, 0) is 41.8 Å². The number of ether oxygens (including phenoxy) is 5. The Morgan fingerprint density at radius 1 is 0.485 bits per heavy atom. The van der Waals surface area contributed by atoms with Gasteiger partial charge < -0.3 is 59.1 Å². The van der Waals surface area contributed by atoms with Gasteiger partial charge in [0.2, 0.25) is 11.6 Å². The molecule has 10 aromatic rings. The molecule has 0 spiro atoms. The van der Waals surface area contributed by atoms with E-state index in [-0.39, 0.29) is 99.6 Å². The maximum absolute atomic E-state index is 14.4. The lowest BCUT2D eigenvalue weighted by Crippen LogP contribution is -2.41. The first-order chi connectivity index (χ1) is 47.4. The second-order valence-corrected chi connectivity index (χ2v) is 21.6. The molecule has 0 fully saturated rings. The summed E-state index contributed by atoms with van der Waals surface area (Å²) in [5.41, 5.74) is 1.16. The quantitative estimate of drug-likeness (QED) is 0.00889. The number of esters is 2. The SMILES string of the molecule is Cc1c(NC(=O)c2cccc(OCC(=O)NCNC(=O)COc3cccc(C(=O)Nc4c(C)c(C(=O)c5ccc(NC(=O)C(F)(F)F)c(C(=O)OCc6ccccc6)c5)n5ccccc45)c3)c2)c2ccccn2c1C(=O)c1ccc(N=COC(F)(F)F)c(C(=O)OCc2ccccc2)c1. The summed E-state index contributed by atoms with van der Waals surface area (Å²) in [6.45, 7) is 1.17. The Labute approximate surface area is 557 Å². The van der Waals surface area contributed by atoms with E-state index in [1.807, 2.05) is 0 Å². The maximum atomic E-state index is 14.4. The van der Waals surface area contributed by atoms with E-state index in [0.717, 1.165) is 30.3 Å². The summed E-state index contributed by atoms with van der Waals surface area (Å²) in [5, 5.41) is 12.3. The van der Waals surface area contributed by atoms with E-state index < -0.39 is 90.0 Å². The molecule has 504 valence electrons. The number of carbonyl (C=O) groups excluding carboxylic acids is 9. The number of pyridine rings is 2. The molecule has 28 heteroatoms. The summed E-state index contributed by atoms with van der Waals surface area (Å²) in [7, 11) is 0. The van der Waals surface area contributed by atoms with E-state index in [1.165, 1.54) is 69.6 Å². The van der Waals surface area contributed by atoms with Gasteiger partial charge in [0.05, 0.1) is 63.0 Å². The van der Waals surface area contributed by atoms with Crippen LogP contribution in [-0.4, -0.2) is 101 Å². The van der Waals surface area contributed by atoms with Crippen LogP contribution in [0.1, 0.15) is 95.8 Å². The van der Waals surface area contributed by atoms with Crippen LogP contribution in [0.2, 0.25) is 0 Å². The summed E-state index contributed by atoms with van der Waals surface area (Å²) in [5.74, 6) is -8.30. The van der Waals surface area contributed by atoms with Gasteiger partial charge in [0.1, 0.15) is 24.7 Å². The highest BCUT2D eigenvalue weighted by atomic mass is 19.4. The number of alkyl halides is 6. The van der Waals surface area contributed by atoms with Crippen LogP contribution in [0, 0.1) is 13.8 Å². The molecule has 0 unspecified atom stereocenters. The number of aromatic nitrogens is 2. The molecule has 0 radical (unpaired) electrons. The number of hydrogen-bond donors (Lipinski definition) is 5. The second-order valence-electron chi connectivity index (χ2n) is 21.6. The highest BCUT2D eigenvalue weighted by Gasteiger charge is 2.40. The molecule has 4 heterocycles. The van der Waals surface area contributed by atoms with Crippen molar-refractivity contribution in [3.8, 4) is 11.5 Å². The van der Waals surface area contributed by atoms with Crippen LogP contribution in [0.25, 0.3) is 11.0 Å². The molecular formula is C71H54F6N8O14. The minimum Gasteiger partial charge on any atom is -0.484 e. The van der Waals surface area contributed by atoms with Gasteiger partial charge in [0.25, 0.3) is 23.6 Å². The van der Waals surface area contributed by atoms with E-state index in [2.05, 4.69) is 31.0 Å². The van der Waals surface area contributed by atoms with Gasteiger partial charge >= 0.3 is 30.4 Å². The average Bonchev–Trinajstić information content (AvgIpc) is 1.62. The number of nitrogens with zero attached hydrogens (tertiary/aromatic N) is 3. The van der Waals surface area contributed by atoms with Crippen LogP contribution < -0.4 is 36.1 Å². The highest BCUT2D eigenvalue weighted by molar-refractivity contribution is 6.17. The first-order valence-electron chi connectivity index (χ1n) is 29.7. The lowest BCUT2D eigenvalue weighted by molar-refractivity contribution is -0.280. The Morgan fingerprint density at radius 3 is 1.41 bits per heavy atom. The fourth-order valence-corrected chi connectivity index (χ4v) is 10.1. The fraction of sp³-hybridized carbons (Fsp3) is 0.127. The lowest BCUT2D eigenvalue weighted by atomic mass is 10.0. The topological polar surface area (TPSA) is 281 Å². The van der Waals surface area contributed by atoms with Crippen molar-refractivity contribution in [3.63, 3.8) is 0 Å². The predicted molar refractivity (Wildman–Crippen MR) is 346 cm³/mol. The molecule has 4 aromatic heterocycles. The van der Waals surface area contributed by atoms with E-state index in [0.29, 0.717) is 27.7 Å². The largest absolute Gasteiger partial charge is 0.573 e. The standard InChI is InChI=1S/C71H54F6N8O14/c1-41-59(55-23-9-11-29-84(55)61(41)63(88)45-25-27-53(80-40-99-71(75,76)77)51(33-45)67(92)97-35-43-15-5-3-6-16-43)82-65(90)47-19-13-21-49(31-47)95-37-57(86)78-39-79-58(87)38-96-50-22-14-20-48(32-50)66(91)83-60-42(2)62(85-30-12-10-24-56(60)85)64(89)46-26-28-54(81-69(94)70(72,73)74)52(34-46)68(93)98-36-44-17-7-4-8-18-44/h3-34,40H,35-39H2,1-2H3,(H,78,86)(H,79,87)(H,81,94)(H,82,90)(H,83,91). The van der Waals surface area contributed by atoms with Gasteiger partial charge in [-0.2, -0.15) is 13.2 Å². The number of aliphatic imine (C=N–C) groups is 1. The third-order valence-corrected chi connectivity index (χ3v) is 14.9. The molecular weight excluding hydrogens is 1300 g/mol. The van der Waals surface area contributed by atoms with E-state index in [9.17, 15) is 69.5 Å². The zero-order valence-electron chi connectivity index (χ0n) is 51.9. The van der Waals surface area contributed by atoms with E-state index >= 15 is 0 Å². The molecule has 22 nitrogen and oxygen atoms in total. The first kappa shape index (κ1) is 69.0. The maximum Gasteiger partial charge on any atom is 0.573 e. The number of anilines is 3. The lowest BCUT2D eigenvalue weighted by Gasteiger charge is -2.14. The van der Waals surface area contributed by atoms with Gasteiger partial charge in [0.15, 0.2) is 19.6 Å². The number of amides is 5. The summed E-state index contributed by atoms with van der Waals surface area (Å²) in [6.07, 6.45) is -7.15. The van der Waals surface area contributed by atoms with Crippen LogP contribution in [0.4, 0.5) is 49.1 Å². The molecule has 0 bridgehead atoms. The number of halogens is 6. The Balaban J connectivity index is 0.725. The Kier molecular flexibility index (Phi) is 21.1. The third-order valence-electron chi connectivity index (χ3n) is 14.9. The fourth-order valence-electron chi connectivity index (χ4n) is 10.1. The van der Waals surface area contributed by atoms with E-state index in [4.69, 9.17) is 18.9 Å². The zero-order valence-corrected chi connectivity index (χ0v) is 51.9. The zero-order chi connectivity index (χ0) is 70.5.